The highest BCUT2D eigenvalue weighted by atomic mass is 15.1. The van der Waals surface area contributed by atoms with E-state index < -0.39 is 0 Å². The van der Waals surface area contributed by atoms with Gasteiger partial charge in [-0.05, 0) is 12.5 Å². The van der Waals surface area contributed by atoms with Crippen LogP contribution in [-0.4, -0.2) is 19.1 Å². The molecule has 0 unspecified atom stereocenters. The van der Waals surface area contributed by atoms with Crippen LogP contribution in [-0.2, 0) is 0 Å². The molecular weight excluding hydrogens is 208 g/mol. The first kappa shape index (κ1) is 11.5. The van der Waals surface area contributed by atoms with E-state index in [2.05, 4.69) is 67.3 Å². The Morgan fingerprint density at radius 3 is 2.41 bits per heavy atom. The van der Waals surface area contributed by atoms with Gasteiger partial charge in [0.15, 0.2) is 0 Å². The van der Waals surface area contributed by atoms with Gasteiger partial charge in [-0.2, -0.15) is 0 Å². The second-order valence-corrected chi connectivity index (χ2v) is 4.35. The minimum atomic E-state index is 1.20. The Bertz CT molecular complexity index is 507. The van der Waals surface area contributed by atoms with Crippen LogP contribution in [0.3, 0.4) is 0 Å². The Morgan fingerprint density at radius 2 is 1.76 bits per heavy atom. The van der Waals surface area contributed by atoms with E-state index in [1.165, 1.54) is 22.5 Å². The summed E-state index contributed by atoms with van der Waals surface area (Å²) in [5.41, 5.74) is 4.88. The van der Waals surface area contributed by atoms with E-state index in [-0.39, 0.29) is 0 Å². The molecule has 1 aromatic carbocycles. The first-order valence-electron chi connectivity index (χ1n) is 5.77. The van der Waals surface area contributed by atoms with E-state index >= 15 is 0 Å². The highest BCUT2D eigenvalue weighted by molar-refractivity contribution is 5.78. The lowest BCUT2D eigenvalue weighted by atomic mass is 10.1. The second-order valence-electron chi connectivity index (χ2n) is 4.35. The molecule has 2 nitrogen and oxygen atoms in total. The zero-order valence-corrected chi connectivity index (χ0v) is 10.6. The van der Waals surface area contributed by atoms with Crippen molar-refractivity contribution in [1.82, 2.24) is 4.98 Å². The molecule has 0 spiro atoms. The maximum Gasteiger partial charge on any atom is 0.0615 e. The van der Waals surface area contributed by atoms with Gasteiger partial charge in [0.25, 0.3) is 0 Å². The summed E-state index contributed by atoms with van der Waals surface area (Å²) in [5, 5.41) is 0. The largest absolute Gasteiger partial charge is 0.376 e. The first-order valence-corrected chi connectivity index (χ1v) is 5.77. The Kier molecular flexibility index (Phi) is 3.33. The topological polar surface area (TPSA) is 19.0 Å². The van der Waals surface area contributed by atoms with E-state index in [1.54, 1.807) is 0 Å². The van der Waals surface area contributed by atoms with Gasteiger partial charge in [-0.15, -0.1) is 0 Å². The number of hydrogen-bond acceptors (Lipinski definition) is 1. The highest BCUT2D eigenvalue weighted by Gasteiger charge is 2.06. The quantitative estimate of drug-likeness (QED) is 0.847. The molecule has 0 saturated heterocycles. The SMILES string of the molecule is Cc1[nH]cc(N(C)C)c1C=Cc1ccccc1. The molecule has 0 radical (unpaired) electrons. The second kappa shape index (κ2) is 4.91. The Labute approximate surface area is 103 Å². The van der Waals surface area contributed by atoms with Crippen LogP contribution in [0.15, 0.2) is 36.5 Å². The van der Waals surface area contributed by atoms with Gasteiger partial charge in [-0.25, -0.2) is 0 Å². The number of nitrogens with one attached hydrogen (secondary N) is 1. The molecule has 0 fully saturated rings. The van der Waals surface area contributed by atoms with Crippen molar-refractivity contribution in [3.8, 4) is 0 Å². The predicted molar refractivity (Wildman–Crippen MR) is 75.2 cm³/mol. The molecular formula is C15H18N2. The molecule has 0 aliphatic heterocycles. The van der Waals surface area contributed by atoms with E-state index in [9.17, 15) is 0 Å². The minimum absolute atomic E-state index is 1.20. The molecule has 88 valence electrons. The number of anilines is 1. The molecule has 0 bridgehead atoms. The number of aromatic amines is 1. The number of aromatic nitrogens is 1. The normalized spacial score (nSPS) is 11.0. The van der Waals surface area contributed by atoms with Crippen LogP contribution in [0.1, 0.15) is 16.8 Å². The Balaban J connectivity index is 2.30. The minimum Gasteiger partial charge on any atom is -0.376 e. The number of hydrogen-bond donors (Lipinski definition) is 1. The lowest BCUT2D eigenvalue weighted by Gasteiger charge is -2.11. The summed E-state index contributed by atoms with van der Waals surface area (Å²) >= 11 is 0. The zero-order valence-electron chi connectivity index (χ0n) is 10.6. The van der Waals surface area contributed by atoms with Crippen LogP contribution in [0.5, 0.6) is 0 Å². The number of nitrogens with zero attached hydrogens (tertiary/aromatic N) is 1. The van der Waals surface area contributed by atoms with Crippen LogP contribution in [0.25, 0.3) is 12.2 Å². The molecule has 1 N–H and O–H groups in total. The standard InChI is InChI=1S/C15H18N2/c1-12-14(15(11-16-12)17(2)3)10-9-13-7-5-4-6-8-13/h4-11,16H,1-3H3. The molecule has 0 atom stereocenters. The smallest absolute Gasteiger partial charge is 0.0615 e. The molecule has 2 heteroatoms. The zero-order chi connectivity index (χ0) is 12.3. The third kappa shape index (κ3) is 2.59. The summed E-state index contributed by atoms with van der Waals surface area (Å²) in [6.45, 7) is 2.09. The van der Waals surface area contributed by atoms with Gasteiger partial charge >= 0.3 is 0 Å². The molecule has 0 saturated carbocycles. The summed E-state index contributed by atoms with van der Waals surface area (Å²) in [4.78, 5) is 5.38. The molecule has 1 heterocycles. The Morgan fingerprint density at radius 1 is 1.06 bits per heavy atom. The van der Waals surface area contributed by atoms with Crippen molar-refractivity contribution in [2.45, 2.75) is 6.92 Å². The molecule has 2 rings (SSSR count). The van der Waals surface area contributed by atoms with Crippen LogP contribution in [0.4, 0.5) is 5.69 Å². The van der Waals surface area contributed by atoms with Crippen molar-refractivity contribution in [3.63, 3.8) is 0 Å². The van der Waals surface area contributed by atoms with E-state index in [0.717, 1.165) is 0 Å². The summed E-state index contributed by atoms with van der Waals surface area (Å²) < 4.78 is 0. The van der Waals surface area contributed by atoms with Crippen molar-refractivity contribution in [2.75, 3.05) is 19.0 Å². The third-order valence-electron chi connectivity index (χ3n) is 2.83. The molecule has 1 aromatic heterocycles. The average Bonchev–Trinajstić information content (AvgIpc) is 2.69. The fourth-order valence-corrected chi connectivity index (χ4v) is 1.85. The van der Waals surface area contributed by atoms with Gasteiger partial charge in [0.05, 0.1) is 5.69 Å². The van der Waals surface area contributed by atoms with E-state index in [1.807, 2.05) is 12.3 Å². The summed E-state index contributed by atoms with van der Waals surface area (Å²) in [6, 6.07) is 10.3. The maximum absolute atomic E-state index is 3.26. The van der Waals surface area contributed by atoms with Crippen molar-refractivity contribution >= 4 is 17.8 Å². The molecule has 2 aromatic rings. The number of H-pyrrole nitrogens is 1. The highest BCUT2D eigenvalue weighted by Crippen LogP contribution is 2.23. The fourth-order valence-electron chi connectivity index (χ4n) is 1.85. The fraction of sp³-hybridized carbons (Fsp3) is 0.200. The van der Waals surface area contributed by atoms with Crippen LogP contribution in [0.2, 0.25) is 0 Å². The van der Waals surface area contributed by atoms with Gasteiger partial charge < -0.3 is 9.88 Å². The van der Waals surface area contributed by atoms with Crippen molar-refractivity contribution in [2.24, 2.45) is 0 Å². The van der Waals surface area contributed by atoms with Gasteiger partial charge in [0.2, 0.25) is 0 Å². The summed E-state index contributed by atoms with van der Waals surface area (Å²) in [7, 11) is 4.12. The summed E-state index contributed by atoms with van der Waals surface area (Å²) in [5.74, 6) is 0. The van der Waals surface area contributed by atoms with Gasteiger partial charge in [0, 0.05) is 31.5 Å². The number of benzene rings is 1. The third-order valence-corrected chi connectivity index (χ3v) is 2.83. The van der Waals surface area contributed by atoms with Crippen molar-refractivity contribution in [3.05, 3.63) is 53.3 Å². The summed E-state index contributed by atoms with van der Waals surface area (Å²) in [6.07, 6.45) is 6.35. The van der Waals surface area contributed by atoms with E-state index in [0.29, 0.717) is 0 Å². The molecule has 0 aliphatic carbocycles. The van der Waals surface area contributed by atoms with Gasteiger partial charge in [-0.1, -0.05) is 42.5 Å². The lowest BCUT2D eigenvalue weighted by Crippen LogP contribution is -2.08. The van der Waals surface area contributed by atoms with Gasteiger partial charge in [0.1, 0.15) is 0 Å². The average molecular weight is 226 g/mol. The predicted octanol–water partition coefficient (Wildman–Crippen LogP) is 3.56. The molecule has 0 aliphatic rings. The molecule has 17 heavy (non-hydrogen) atoms. The first-order chi connectivity index (χ1) is 8.18. The molecule has 0 amide bonds. The van der Waals surface area contributed by atoms with E-state index in [4.69, 9.17) is 0 Å². The Hall–Kier alpha value is -1.96. The number of aryl methyl sites for hydroxylation is 1. The van der Waals surface area contributed by atoms with Crippen LogP contribution < -0.4 is 4.90 Å². The monoisotopic (exact) mass is 226 g/mol. The lowest BCUT2D eigenvalue weighted by molar-refractivity contribution is 1.13. The van der Waals surface area contributed by atoms with Gasteiger partial charge in [-0.3, -0.25) is 0 Å². The maximum atomic E-state index is 3.26. The van der Waals surface area contributed by atoms with Crippen molar-refractivity contribution < 1.29 is 0 Å². The van der Waals surface area contributed by atoms with Crippen LogP contribution in [0, 0.1) is 6.92 Å². The van der Waals surface area contributed by atoms with Crippen LogP contribution >= 0.6 is 0 Å². The number of rotatable bonds is 3. The van der Waals surface area contributed by atoms with Crippen molar-refractivity contribution in [1.29, 1.82) is 0 Å².